The number of hydrogen-bond acceptors (Lipinski definition) is 6. The second-order valence-corrected chi connectivity index (χ2v) is 5.45. The van der Waals surface area contributed by atoms with Gasteiger partial charge in [-0.2, -0.15) is 8.78 Å². The van der Waals surface area contributed by atoms with Crippen LogP contribution >= 0.6 is 0 Å². The zero-order valence-electron chi connectivity index (χ0n) is 15.4. The van der Waals surface area contributed by atoms with Crippen LogP contribution in [-0.2, 0) is 11.3 Å². The number of rotatable bonds is 8. The van der Waals surface area contributed by atoms with E-state index in [-0.39, 0.29) is 23.7 Å². The zero-order valence-corrected chi connectivity index (χ0v) is 15.4. The van der Waals surface area contributed by atoms with E-state index >= 15 is 0 Å². The largest absolute Gasteiger partial charge is 0.496 e. The lowest BCUT2D eigenvalue weighted by molar-refractivity contribution is -0.0512. The van der Waals surface area contributed by atoms with Gasteiger partial charge in [-0.25, -0.2) is 4.79 Å². The number of carbonyl (C=O) groups excluding carboxylic acids is 1. The third-order valence-electron chi connectivity index (χ3n) is 3.80. The molecule has 0 fully saturated rings. The van der Waals surface area contributed by atoms with Crippen LogP contribution in [0.3, 0.4) is 0 Å². The molecule has 0 spiro atoms. The summed E-state index contributed by atoms with van der Waals surface area (Å²) in [5.74, 6) is 0.421. The predicted octanol–water partition coefficient (Wildman–Crippen LogP) is 3.98. The highest BCUT2D eigenvalue weighted by Crippen LogP contribution is 2.31. The standard InChI is InChI=1S/C19H20F2O6/c1-11-15(23-2)8-13(9-16(11)24-3)18(22)26-10-12-5-6-14(27-19(20)21)17(7-12)25-4/h5-9,19H,10H2,1-4H3. The molecule has 0 bridgehead atoms. The van der Waals surface area contributed by atoms with Gasteiger partial charge in [0.25, 0.3) is 0 Å². The first-order valence-corrected chi connectivity index (χ1v) is 7.91. The fraction of sp³-hybridized carbons (Fsp3) is 0.316. The summed E-state index contributed by atoms with van der Waals surface area (Å²) in [6.07, 6.45) is 0. The number of halogens is 2. The van der Waals surface area contributed by atoms with Gasteiger partial charge in [0.15, 0.2) is 11.5 Å². The van der Waals surface area contributed by atoms with Crippen molar-refractivity contribution in [2.75, 3.05) is 21.3 Å². The molecule has 0 N–H and O–H groups in total. The van der Waals surface area contributed by atoms with E-state index in [0.29, 0.717) is 17.1 Å². The molecule has 146 valence electrons. The van der Waals surface area contributed by atoms with Crippen LogP contribution in [0, 0.1) is 6.92 Å². The molecule has 0 aliphatic heterocycles. The molecule has 0 saturated heterocycles. The number of methoxy groups -OCH3 is 3. The molecule has 6 nitrogen and oxygen atoms in total. The number of ether oxygens (including phenoxy) is 5. The van der Waals surface area contributed by atoms with Gasteiger partial charge in [-0.05, 0) is 36.8 Å². The van der Waals surface area contributed by atoms with Crippen molar-refractivity contribution in [1.29, 1.82) is 0 Å². The van der Waals surface area contributed by atoms with Crippen LogP contribution in [0.4, 0.5) is 8.78 Å². The summed E-state index contributed by atoms with van der Waals surface area (Å²) in [6.45, 7) is -1.24. The topological polar surface area (TPSA) is 63.2 Å². The van der Waals surface area contributed by atoms with Gasteiger partial charge in [0.05, 0.1) is 26.9 Å². The number of carbonyl (C=O) groups is 1. The Morgan fingerprint density at radius 2 is 1.52 bits per heavy atom. The molecule has 0 heterocycles. The normalized spacial score (nSPS) is 10.5. The minimum atomic E-state index is -2.96. The maximum atomic E-state index is 12.4. The lowest BCUT2D eigenvalue weighted by Gasteiger charge is -2.13. The third-order valence-corrected chi connectivity index (χ3v) is 3.80. The van der Waals surface area contributed by atoms with Gasteiger partial charge in [0.1, 0.15) is 18.1 Å². The van der Waals surface area contributed by atoms with E-state index < -0.39 is 12.6 Å². The number of alkyl halides is 2. The summed E-state index contributed by atoms with van der Waals surface area (Å²) in [5, 5.41) is 0. The maximum Gasteiger partial charge on any atom is 0.387 e. The summed E-state index contributed by atoms with van der Waals surface area (Å²) in [7, 11) is 4.31. The molecule has 0 atom stereocenters. The zero-order chi connectivity index (χ0) is 20.0. The van der Waals surface area contributed by atoms with Crippen molar-refractivity contribution in [1.82, 2.24) is 0 Å². The van der Waals surface area contributed by atoms with E-state index in [4.69, 9.17) is 18.9 Å². The van der Waals surface area contributed by atoms with Gasteiger partial charge in [-0.15, -0.1) is 0 Å². The average Bonchev–Trinajstić information content (AvgIpc) is 2.66. The molecular weight excluding hydrogens is 362 g/mol. The molecule has 2 aromatic carbocycles. The van der Waals surface area contributed by atoms with Gasteiger partial charge in [-0.3, -0.25) is 0 Å². The molecule has 0 aromatic heterocycles. The van der Waals surface area contributed by atoms with E-state index in [0.717, 1.165) is 5.56 Å². The van der Waals surface area contributed by atoms with Crippen LogP contribution < -0.4 is 18.9 Å². The fourth-order valence-electron chi connectivity index (χ4n) is 2.43. The Bertz CT molecular complexity index is 782. The van der Waals surface area contributed by atoms with Gasteiger partial charge in [0.2, 0.25) is 0 Å². The SMILES string of the molecule is COc1cc(COC(=O)c2cc(OC)c(C)c(OC)c2)ccc1OC(F)F. The molecule has 0 aliphatic carbocycles. The third kappa shape index (κ3) is 4.99. The van der Waals surface area contributed by atoms with Gasteiger partial charge in [0, 0.05) is 5.56 Å². The Hall–Kier alpha value is -3.03. The summed E-state index contributed by atoms with van der Waals surface area (Å²) in [4.78, 5) is 12.3. The predicted molar refractivity (Wildman–Crippen MR) is 93.0 cm³/mol. The summed E-state index contributed by atoms with van der Waals surface area (Å²) in [5.41, 5.74) is 1.57. The number of esters is 1. The lowest BCUT2D eigenvalue weighted by Crippen LogP contribution is -2.07. The maximum absolute atomic E-state index is 12.4. The average molecular weight is 382 g/mol. The van der Waals surface area contributed by atoms with Crippen molar-refractivity contribution in [2.24, 2.45) is 0 Å². The Morgan fingerprint density at radius 1 is 0.926 bits per heavy atom. The molecule has 0 saturated carbocycles. The molecule has 0 amide bonds. The van der Waals surface area contributed by atoms with Crippen molar-refractivity contribution >= 4 is 5.97 Å². The van der Waals surface area contributed by atoms with Crippen LogP contribution in [-0.4, -0.2) is 33.9 Å². The number of hydrogen-bond donors (Lipinski definition) is 0. The Morgan fingerprint density at radius 3 is 2.04 bits per heavy atom. The Balaban J connectivity index is 2.13. The van der Waals surface area contributed by atoms with Crippen molar-refractivity contribution in [3.8, 4) is 23.0 Å². The Labute approximate surface area is 155 Å². The fourth-order valence-corrected chi connectivity index (χ4v) is 2.43. The highest BCUT2D eigenvalue weighted by Gasteiger charge is 2.16. The first-order chi connectivity index (χ1) is 12.9. The molecule has 0 unspecified atom stereocenters. The van der Waals surface area contributed by atoms with Crippen molar-refractivity contribution < 1.29 is 37.3 Å². The monoisotopic (exact) mass is 382 g/mol. The van der Waals surface area contributed by atoms with Crippen LogP contribution in [0.15, 0.2) is 30.3 Å². The first kappa shape index (κ1) is 20.3. The van der Waals surface area contributed by atoms with Crippen LogP contribution in [0.5, 0.6) is 23.0 Å². The van der Waals surface area contributed by atoms with E-state index in [1.165, 1.54) is 39.5 Å². The minimum Gasteiger partial charge on any atom is -0.496 e. The summed E-state index contributed by atoms with van der Waals surface area (Å²) >= 11 is 0. The molecule has 2 rings (SSSR count). The Kier molecular flexibility index (Phi) is 6.81. The van der Waals surface area contributed by atoms with Gasteiger partial charge < -0.3 is 23.7 Å². The molecule has 0 radical (unpaired) electrons. The molecule has 27 heavy (non-hydrogen) atoms. The van der Waals surface area contributed by atoms with Crippen LogP contribution in [0.2, 0.25) is 0 Å². The molecular formula is C19H20F2O6. The molecule has 2 aromatic rings. The smallest absolute Gasteiger partial charge is 0.387 e. The van der Waals surface area contributed by atoms with Crippen molar-refractivity contribution in [3.05, 3.63) is 47.0 Å². The minimum absolute atomic E-state index is 0.0807. The van der Waals surface area contributed by atoms with E-state index in [9.17, 15) is 13.6 Å². The molecule has 8 heteroatoms. The van der Waals surface area contributed by atoms with E-state index in [1.807, 2.05) is 6.92 Å². The highest BCUT2D eigenvalue weighted by molar-refractivity contribution is 5.90. The molecule has 0 aliphatic rings. The van der Waals surface area contributed by atoms with Gasteiger partial charge in [-0.1, -0.05) is 6.07 Å². The second kappa shape index (κ2) is 9.07. The quantitative estimate of drug-likeness (QED) is 0.644. The summed E-state index contributed by atoms with van der Waals surface area (Å²) < 4.78 is 49.9. The lowest BCUT2D eigenvalue weighted by atomic mass is 10.1. The van der Waals surface area contributed by atoms with Crippen LogP contribution in [0.1, 0.15) is 21.5 Å². The van der Waals surface area contributed by atoms with E-state index in [1.54, 1.807) is 12.1 Å². The van der Waals surface area contributed by atoms with Crippen molar-refractivity contribution in [3.63, 3.8) is 0 Å². The van der Waals surface area contributed by atoms with Crippen LogP contribution in [0.25, 0.3) is 0 Å². The highest BCUT2D eigenvalue weighted by atomic mass is 19.3. The number of benzene rings is 2. The second-order valence-electron chi connectivity index (χ2n) is 5.45. The van der Waals surface area contributed by atoms with Gasteiger partial charge >= 0.3 is 12.6 Å². The first-order valence-electron chi connectivity index (χ1n) is 7.91. The van der Waals surface area contributed by atoms with Crippen molar-refractivity contribution in [2.45, 2.75) is 20.1 Å². The summed E-state index contributed by atoms with van der Waals surface area (Å²) in [6, 6.07) is 7.40. The van der Waals surface area contributed by atoms with E-state index in [2.05, 4.69) is 4.74 Å².